The van der Waals surface area contributed by atoms with Gasteiger partial charge in [0.25, 0.3) is 0 Å². The van der Waals surface area contributed by atoms with Gasteiger partial charge in [-0.15, -0.1) is 0 Å². The number of likely N-dealkylation sites (tertiary alicyclic amines) is 1. The Labute approximate surface area is 220 Å². The molecule has 0 saturated carbocycles. The number of hydrogen-bond donors (Lipinski definition) is 1. The molecule has 1 aromatic heterocycles. The SMILES string of the molecule is COCCOc1cc2ncnc(NC3=CC(=O)C(N4CCC[C@H]4C(=O)OC(C)(C)C)=CC3=O)c2cc1OC. The predicted molar refractivity (Wildman–Crippen MR) is 139 cm³/mol. The van der Waals surface area contributed by atoms with Crippen LogP contribution >= 0.6 is 0 Å². The highest BCUT2D eigenvalue weighted by atomic mass is 16.6. The molecule has 11 heteroatoms. The van der Waals surface area contributed by atoms with E-state index in [1.807, 2.05) is 0 Å². The van der Waals surface area contributed by atoms with Crippen molar-refractivity contribution in [1.29, 1.82) is 0 Å². The van der Waals surface area contributed by atoms with Crippen LogP contribution in [0.3, 0.4) is 0 Å². The fourth-order valence-corrected chi connectivity index (χ4v) is 4.34. The molecule has 1 N–H and O–H groups in total. The van der Waals surface area contributed by atoms with Gasteiger partial charge >= 0.3 is 5.97 Å². The summed E-state index contributed by atoms with van der Waals surface area (Å²) in [5.41, 5.74) is 0.148. The Kier molecular flexibility index (Phi) is 7.96. The van der Waals surface area contributed by atoms with Gasteiger partial charge in [0.2, 0.25) is 11.6 Å². The third kappa shape index (κ3) is 5.94. The average Bonchev–Trinajstić information content (AvgIpc) is 3.35. The number of methoxy groups -OCH3 is 2. The Bertz CT molecular complexity index is 1310. The minimum absolute atomic E-state index is 0.0613. The number of ether oxygens (including phenoxy) is 4. The van der Waals surface area contributed by atoms with Crippen molar-refractivity contribution in [3.8, 4) is 11.5 Å². The second-order valence-electron chi connectivity index (χ2n) is 9.91. The molecule has 38 heavy (non-hydrogen) atoms. The van der Waals surface area contributed by atoms with E-state index in [1.54, 1.807) is 44.9 Å². The Balaban J connectivity index is 1.56. The first kappa shape index (κ1) is 27.1. The van der Waals surface area contributed by atoms with E-state index in [9.17, 15) is 14.4 Å². The minimum atomic E-state index is -0.650. The van der Waals surface area contributed by atoms with Gasteiger partial charge in [-0.2, -0.15) is 0 Å². The van der Waals surface area contributed by atoms with E-state index >= 15 is 0 Å². The van der Waals surface area contributed by atoms with Gasteiger partial charge in [-0.3, -0.25) is 9.59 Å². The zero-order valence-corrected chi connectivity index (χ0v) is 22.2. The maximum atomic E-state index is 13.1. The standard InChI is InChI=1S/C27H32N4O7/c1-27(2,3)38-26(34)19-7-6-8-31(19)20-14-21(32)18(12-22(20)33)30-25-16-11-23(36-5)24(37-10-9-35-4)13-17(16)28-15-29-25/h11-15,19H,6-10H2,1-5H3,(H,28,29,30)/t19-/m0/s1. The quantitative estimate of drug-likeness (QED) is 0.295. The van der Waals surface area contributed by atoms with E-state index in [1.165, 1.54) is 25.6 Å². The van der Waals surface area contributed by atoms with Gasteiger partial charge < -0.3 is 29.2 Å². The maximum Gasteiger partial charge on any atom is 0.329 e. The number of fused-ring (bicyclic) bond motifs is 1. The van der Waals surface area contributed by atoms with Crippen LogP contribution in [-0.2, 0) is 23.9 Å². The molecule has 2 aromatic rings. The van der Waals surface area contributed by atoms with Crippen LogP contribution in [-0.4, -0.2) is 78.0 Å². The second kappa shape index (κ2) is 11.2. The highest BCUT2D eigenvalue weighted by Crippen LogP contribution is 2.35. The lowest BCUT2D eigenvalue weighted by atomic mass is 10.0. The lowest BCUT2D eigenvalue weighted by Crippen LogP contribution is -2.42. The molecule has 0 unspecified atom stereocenters. The highest BCUT2D eigenvalue weighted by molar-refractivity contribution is 6.21. The van der Waals surface area contributed by atoms with Crippen LogP contribution in [0, 0.1) is 0 Å². The van der Waals surface area contributed by atoms with E-state index in [2.05, 4.69) is 15.3 Å². The molecular formula is C27H32N4O7. The van der Waals surface area contributed by atoms with Gasteiger partial charge in [0.15, 0.2) is 11.5 Å². The smallest absolute Gasteiger partial charge is 0.329 e. The van der Waals surface area contributed by atoms with Gasteiger partial charge in [-0.1, -0.05) is 0 Å². The number of rotatable bonds is 9. The molecule has 2 aliphatic rings. The first-order valence-corrected chi connectivity index (χ1v) is 12.3. The number of nitrogens with zero attached hydrogens (tertiary/aromatic N) is 3. The van der Waals surface area contributed by atoms with Crippen molar-refractivity contribution in [3.63, 3.8) is 0 Å². The zero-order valence-electron chi connectivity index (χ0n) is 22.2. The zero-order chi connectivity index (χ0) is 27.4. The summed E-state index contributed by atoms with van der Waals surface area (Å²) in [6.45, 7) is 6.60. The molecule has 4 rings (SSSR count). The summed E-state index contributed by atoms with van der Waals surface area (Å²) in [5.74, 6) is 0.0725. The normalized spacial score (nSPS) is 17.8. The van der Waals surface area contributed by atoms with Crippen LogP contribution in [0.25, 0.3) is 10.9 Å². The summed E-state index contributed by atoms with van der Waals surface area (Å²) in [6, 6.07) is 2.80. The minimum Gasteiger partial charge on any atom is -0.493 e. The Morgan fingerprint density at radius 2 is 1.87 bits per heavy atom. The van der Waals surface area contributed by atoms with Crippen molar-refractivity contribution >= 4 is 34.3 Å². The number of benzene rings is 1. The van der Waals surface area contributed by atoms with E-state index in [4.69, 9.17) is 18.9 Å². The van der Waals surface area contributed by atoms with Crippen molar-refractivity contribution in [2.45, 2.75) is 45.3 Å². The summed E-state index contributed by atoms with van der Waals surface area (Å²) in [5, 5.41) is 3.54. The van der Waals surface area contributed by atoms with E-state index in [0.29, 0.717) is 60.8 Å². The molecule has 1 atom stereocenters. The van der Waals surface area contributed by atoms with Crippen LogP contribution in [0.2, 0.25) is 0 Å². The molecule has 0 bridgehead atoms. The van der Waals surface area contributed by atoms with Gasteiger partial charge in [-0.25, -0.2) is 14.8 Å². The first-order valence-electron chi connectivity index (χ1n) is 12.3. The molecular weight excluding hydrogens is 492 g/mol. The lowest BCUT2D eigenvalue weighted by Gasteiger charge is -2.30. The van der Waals surface area contributed by atoms with Gasteiger partial charge in [0, 0.05) is 37.3 Å². The molecule has 2 heterocycles. The number of hydrogen-bond acceptors (Lipinski definition) is 11. The van der Waals surface area contributed by atoms with Crippen LogP contribution in [0.4, 0.5) is 5.82 Å². The summed E-state index contributed by atoms with van der Waals surface area (Å²) < 4.78 is 21.7. The number of esters is 1. The Hall–Kier alpha value is -3.99. The van der Waals surface area contributed by atoms with Crippen LogP contribution in [0.1, 0.15) is 33.6 Å². The first-order chi connectivity index (χ1) is 18.1. The van der Waals surface area contributed by atoms with Crippen molar-refractivity contribution in [2.75, 3.05) is 39.3 Å². The third-order valence-electron chi connectivity index (χ3n) is 6.02. The number of nitrogens with one attached hydrogen (secondary N) is 1. The topological polar surface area (TPSA) is 129 Å². The van der Waals surface area contributed by atoms with E-state index in [-0.39, 0.29) is 17.2 Å². The summed E-state index contributed by atoms with van der Waals surface area (Å²) in [7, 11) is 3.10. The molecule has 1 aromatic carbocycles. The van der Waals surface area contributed by atoms with Crippen LogP contribution in [0.15, 0.2) is 42.0 Å². The second-order valence-corrected chi connectivity index (χ2v) is 9.91. The molecule has 1 fully saturated rings. The van der Waals surface area contributed by atoms with Crippen molar-refractivity contribution < 1.29 is 33.3 Å². The summed E-state index contributed by atoms with van der Waals surface area (Å²) in [4.78, 5) is 49.1. The number of anilines is 1. The van der Waals surface area contributed by atoms with E-state index < -0.39 is 23.4 Å². The molecule has 0 amide bonds. The summed E-state index contributed by atoms with van der Waals surface area (Å²) in [6.07, 6.45) is 5.11. The van der Waals surface area contributed by atoms with E-state index in [0.717, 1.165) is 0 Å². The number of allylic oxidation sites excluding steroid dienone is 2. The predicted octanol–water partition coefficient (Wildman–Crippen LogP) is 2.80. The van der Waals surface area contributed by atoms with Crippen LogP contribution < -0.4 is 14.8 Å². The molecule has 1 aliphatic carbocycles. The average molecular weight is 525 g/mol. The van der Waals surface area contributed by atoms with Gasteiger partial charge in [-0.05, 0) is 39.7 Å². The molecule has 0 radical (unpaired) electrons. The van der Waals surface area contributed by atoms with Gasteiger partial charge in [0.1, 0.15) is 30.4 Å². The summed E-state index contributed by atoms with van der Waals surface area (Å²) >= 11 is 0. The highest BCUT2D eigenvalue weighted by Gasteiger charge is 2.38. The Morgan fingerprint density at radius 3 is 2.58 bits per heavy atom. The fraction of sp³-hybridized carbons (Fsp3) is 0.444. The number of aromatic nitrogens is 2. The van der Waals surface area contributed by atoms with Gasteiger partial charge in [0.05, 0.1) is 30.6 Å². The number of carbonyl (C=O) groups is 3. The molecule has 1 aliphatic heterocycles. The maximum absolute atomic E-state index is 13.1. The van der Waals surface area contributed by atoms with Crippen molar-refractivity contribution in [1.82, 2.24) is 14.9 Å². The largest absolute Gasteiger partial charge is 0.493 e. The van der Waals surface area contributed by atoms with Crippen molar-refractivity contribution in [3.05, 3.63) is 42.0 Å². The fourth-order valence-electron chi connectivity index (χ4n) is 4.34. The number of carbonyl (C=O) groups excluding carboxylic acids is 3. The van der Waals surface area contributed by atoms with Crippen LogP contribution in [0.5, 0.6) is 11.5 Å². The molecule has 1 saturated heterocycles. The lowest BCUT2D eigenvalue weighted by molar-refractivity contribution is -0.159. The monoisotopic (exact) mass is 524 g/mol. The van der Waals surface area contributed by atoms with Crippen molar-refractivity contribution in [2.24, 2.45) is 0 Å². The Morgan fingerprint density at radius 1 is 1.08 bits per heavy atom. The third-order valence-corrected chi connectivity index (χ3v) is 6.02. The molecule has 0 spiro atoms. The molecule has 202 valence electrons. The number of ketones is 2. The molecule has 11 nitrogen and oxygen atoms in total.